The van der Waals surface area contributed by atoms with Crippen LogP contribution in [0.1, 0.15) is 5.56 Å². The summed E-state index contributed by atoms with van der Waals surface area (Å²) in [6, 6.07) is 3.73. The van der Waals surface area contributed by atoms with Gasteiger partial charge in [0, 0.05) is 32.0 Å². The fourth-order valence-corrected chi connectivity index (χ4v) is 1.97. The summed E-state index contributed by atoms with van der Waals surface area (Å²) in [6.07, 6.45) is 3.40. The number of carboxylic acid groups (broad SMARTS) is 1. The first-order valence-corrected chi connectivity index (χ1v) is 5.76. The standard InChI is InChI=1S/C12H15N3O3/c16-11-8-15(6-9-2-1-3-13-4-9)7-10(5-14-11)12(17)18/h1-4,10H,5-8H2,(H,14,16)(H,17,18). The van der Waals surface area contributed by atoms with Crippen molar-refractivity contribution in [2.75, 3.05) is 19.6 Å². The van der Waals surface area contributed by atoms with Crippen LogP contribution in [-0.2, 0) is 16.1 Å². The lowest BCUT2D eigenvalue weighted by Gasteiger charge is -2.20. The molecule has 1 fully saturated rings. The van der Waals surface area contributed by atoms with E-state index in [0.717, 1.165) is 5.56 Å². The zero-order valence-electron chi connectivity index (χ0n) is 9.87. The predicted octanol–water partition coefficient (Wildman–Crippen LogP) is -0.286. The van der Waals surface area contributed by atoms with E-state index >= 15 is 0 Å². The van der Waals surface area contributed by atoms with Crippen molar-refractivity contribution in [2.24, 2.45) is 5.92 Å². The Bertz CT molecular complexity index is 435. The van der Waals surface area contributed by atoms with Gasteiger partial charge in [-0.15, -0.1) is 0 Å². The Morgan fingerprint density at radius 1 is 1.61 bits per heavy atom. The highest BCUT2D eigenvalue weighted by atomic mass is 16.4. The van der Waals surface area contributed by atoms with Crippen molar-refractivity contribution in [1.82, 2.24) is 15.2 Å². The van der Waals surface area contributed by atoms with Crippen LogP contribution < -0.4 is 5.32 Å². The lowest BCUT2D eigenvalue weighted by molar-refractivity contribution is -0.142. The number of nitrogens with zero attached hydrogens (tertiary/aromatic N) is 2. The van der Waals surface area contributed by atoms with Gasteiger partial charge in [-0.05, 0) is 11.6 Å². The number of aromatic nitrogens is 1. The van der Waals surface area contributed by atoms with Crippen LogP contribution in [0.2, 0.25) is 0 Å². The maximum Gasteiger partial charge on any atom is 0.309 e. The molecule has 6 heteroatoms. The Morgan fingerprint density at radius 3 is 3.11 bits per heavy atom. The molecular weight excluding hydrogens is 234 g/mol. The minimum absolute atomic E-state index is 0.136. The number of hydrogen-bond acceptors (Lipinski definition) is 4. The molecule has 6 nitrogen and oxygen atoms in total. The highest BCUT2D eigenvalue weighted by molar-refractivity contribution is 5.80. The minimum atomic E-state index is -0.881. The number of nitrogens with one attached hydrogen (secondary N) is 1. The second-order valence-corrected chi connectivity index (χ2v) is 4.37. The highest BCUT2D eigenvalue weighted by Gasteiger charge is 2.26. The lowest BCUT2D eigenvalue weighted by Crippen LogP contribution is -2.33. The van der Waals surface area contributed by atoms with Crippen LogP contribution in [0, 0.1) is 5.92 Å². The molecule has 0 aliphatic carbocycles. The van der Waals surface area contributed by atoms with Crippen molar-refractivity contribution in [1.29, 1.82) is 0 Å². The Labute approximate surface area is 105 Å². The van der Waals surface area contributed by atoms with Gasteiger partial charge < -0.3 is 10.4 Å². The second-order valence-electron chi connectivity index (χ2n) is 4.37. The summed E-state index contributed by atoms with van der Waals surface area (Å²) >= 11 is 0. The van der Waals surface area contributed by atoms with E-state index in [1.807, 2.05) is 17.0 Å². The van der Waals surface area contributed by atoms with Crippen LogP contribution in [-0.4, -0.2) is 46.5 Å². The molecule has 1 aliphatic rings. The number of hydrogen-bond donors (Lipinski definition) is 2. The average molecular weight is 249 g/mol. The molecule has 2 N–H and O–H groups in total. The topological polar surface area (TPSA) is 82.5 Å². The molecule has 96 valence electrons. The third-order valence-corrected chi connectivity index (χ3v) is 2.87. The Hall–Kier alpha value is -1.95. The SMILES string of the molecule is O=C1CN(Cc2cccnc2)CC(C(=O)O)CN1. The average Bonchev–Trinajstić information content (AvgIpc) is 2.52. The molecule has 1 aromatic heterocycles. The molecule has 2 heterocycles. The number of carboxylic acids is 1. The van der Waals surface area contributed by atoms with E-state index in [1.165, 1.54) is 0 Å². The first kappa shape index (κ1) is 12.5. The first-order chi connectivity index (χ1) is 8.65. The fraction of sp³-hybridized carbons (Fsp3) is 0.417. The monoisotopic (exact) mass is 249 g/mol. The van der Waals surface area contributed by atoms with E-state index < -0.39 is 11.9 Å². The Morgan fingerprint density at radius 2 is 2.44 bits per heavy atom. The molecule has 1 saturated heterocycles. The third kappa shape index (κ3) is 3.27. The van der Waals surface area contributed by atoms with Gasteiger partial charge in [-0.25, -0.2) is 0 Å². The molecule has 0 aromatic carbocycles. The van der Waals surface area contributed by atoms with Gasteiger partial charge in [-0.3, -0.25) is 19.5 Å². The largest absolute Gasteiger partial charge is 0.481 e. The van der Waals surface area contributed by atoms with Crippen LogP contribution in [0.5, 0.6) is 0 Å². The Kier molecular flexibility index (Phi) is 3.88. The second kappa shape index (κ2) is 5.59. The number of pyridine rings is 1. The maximum atomic E-state index is 11.5. The van der Waals surface area contributed by atoms with Gasteiger partial charge in [0.2, 0.25) is 5.91 Å². The number of rotatable bonds is 3. The number of carbonyl (C=O) groups is 2. The van der Waals surface area contributed by atoms with Gasteiger partial charge in [0.25, 0.3) is 0 Å². The molecule has 1 atom stereocenters. The highest BCUT2D eigenvalue weighted by Crippen LogP contribution is 2.09. The van der Waals surface area contributed by atoms with Gasteiger partial charge in [0.15, 0.2) is 0 Å². The van der Waals surface area contributed by atoms with E-state index in [-0.39, 0.29) is 19.0 Å². The van der Waals surface area contributed by atoms with Gasteiger partial charge >= 0.3 is 5.97 Å². The Balaban J connectivity index is 2.05. The number of aliphatic carboxylic acids is 1. The van der Waals surface area contributed by atoms with Crippen molar-refractivity contribution in [3.05, 3.63) is 30.1 Å². The van der Waals surface area contributed by atoms with E-state index in [2.05, 4.69) is 10.3 Å². The number of amides is 1. The molecule has 0 saturated carbocycles. The predicted molar refractivity (Wildman–Crippen MR) is 63.6 cm³/mol. The zero-order valence-corrected chi connectivity index (χ0v) is 9.87. The summed E-state index contributed by atoms with van der Waals surface area (Å²) in [5.74, 6) is -1.58. The minimum Gasteiger partial charge on any atom is -0.481 e. The van der Waals surface area contributed by atoms with Crippen molar-refractivity contribution < 1.29 is 14.7 Å². The van der Waals surface area contributed by atoms with Crippen molar-refractivity contribution >= 4 is 11.9 Å². The summed E-state index contributed by atoms with van der Waals surface area (Å²) in [4.78, 5) is 28.3. The van der Waals surface area contributed by atoms with Crippen molar-refractivity contribution in [3.8, 4) is 0 Å². The van der Waals surface area contributed by atoms with E-state index in [1.54, 1.807) is 12.4 Å². The molecule has 1 unspecified atom stereocenters. The van der Waals surface area contributed by atoms with Gasteiger partial charge in [0.1, 0.15) is 0 Å². The van der Waals surface area contributed by atoms with Crippen LogP contribution >= 0.6 is 0 Å². The first-order valence-electron chi connectivity index (χ1n) is 5.76. The van der Waals surface area contributed by atoms with Crippen LogP contribution in [0.25, 0.3) is 0 Å². The van der Waals surface area contributed by atoms with E-state index in [9.17, 15) is 9.59 Å². The van der Waals surface area contributed by atoms with Crippen LogP contribution in [0.3, 0.4) is 0 Å². The maximum absolute atomic E-state index is 11.5. The molecule has 0 radical (unpaired) electrons. The molecule has 1 amide bonds. The van der Waals surface area contributed by atoms with Gasteiger partial charge in [-0.1, -0.05) is 6.07 Å². The fourth-order valence-electron chi connectivity index (χ4n) is 1.97. The molecular formula is C12H15N3O3. The van der Waals surface area contributed by atoms with Crippen molar-refractivity contribution in [3.63, 3.8) is 0 Å². The smallest absolute Gasteiger partial charge is 0.309 e. The molecule has 1 aromatic rings. The van der Waals surface area contributed by atoms with Crippen LogP contribution in [0.4, 0.5) is 0 Å². The zero-order chi connectivity index (χ0) is 13.0. The quantitative estimate of drug-likeness (QED) is 0.769. The molecule has 18 heavy (non-hydrogen) atoms. The third-order valence-electron chi connectivity index (χ3n) is 2.87. The summed E-state index contributed by atoms with van der Waals surface area (Å²) in [5, 5.41) is 11.7. The number of carbonyl (C=O) groups excluding carboxylic acids is 1. The normalized spacial score (nSPS) is 21.1. The lowest BCUT2D eigenvalue weighted by atomic mass is 10.1. The summed E-state index contributed by atoms with van der Waals surface area (Å²) in [7, 11) is 0. The summed E-state index contributed by atoms with van der Waals surface area (Å²) in [5.41, 5.74) is 0.969. The summed E-state index contributed by atoms with van der Waals surface area (Å²) in [6.45, 7) is 1.31. The molecule has 0 bridgehead atoms. The molecule has 2 rings (SSSR count). The van der Waals surface area contributed by atoms with E-state index in [4.69, 9.17) is 5.11 Å². The molecule has 1 aliphatic heterocycles. The van der Waals surface area contributed by atoms with Crippen molar-refractivity contribution in [2.45, 2.75) is 6.54 Å². The van der Waals surface area contributed by atoms with Gasteiger partial charge in [0.05, 0.1) is 12.5 Å². The van der Waals surface area contributed by atoms with Crippen LogP contribution in [0.15, 0.2) is 24.5 Å². The van der Waals surface area contributed by atoms with Gasteiger partial charge in [-0.2, -0.15) is 0 Å². The summed E-state index contributed by atoms with van der Waals surface area (Å²) < 4.78 is 0. The molecule has 0 spiro atoms. The van der Waals surface area contributed by atoms with E-state index in [0.29, 0.717) is 13.1 Å².